The Kier molecular flexibility index (Phi) is 5.50. The fraction of sp³-hybridized carbons (Fsp3) is 1.00. The molecule has 0 aromatic rings. The molecule has 0 aromatic heterocycles. The molecule has 2 heteroatoms. The van der Waals surface area contributed by atoms with Crippen molar-refractivity contribution in [1.82, 2.24) is 10.2 Å². The highest BCUT2D eigenvalue weighted by Crippen LogP contribution is 2.31. The van der Waals surface area contributed by atoms with Crippen molar-refractivity contribution in [1.29, 1.82) is 0 Å². The van der Waals surface area contributed by atoms with E-state index in [-0.39, 0.29) is 0 Å². The van der Waals surface area contributed by atoms with Crippen LogP contribution in [0, 0.1) is 11.8 Å². The van der Waals surface area contributed by atoms with Crippen LogP contribution >= 0.6 is 0 Å². The third kappa shape index (κ3) is 3.48. The lowest BCUT2D eigenvalue weighted by Crippen LogP contribution is -2.46. The van der Waals surface area contributed by atoms with Gasteiger partial charge in [-0.05, 0) is 57.5 Å². The van der Waals surface area contributed by atoms with Crippen LogP contribution in [0.3, 0.4) is 0 Å². The predicted octanol–water partition coefficient (Wildman–Crippen LogP) is 3.28. The molecule has 1 N–H and O–H groups in total. The van der Waals surface area contributed by atoms with Gasteiger partial charge in [0.25, 0.3) is 0 Å². The van der Waals surface area contributed by atoms with Gasteiger partial charge in [-0.1, -0.05) is 26.7 Å². The summed E-state index contributed by atoms with van der Waals surface area (Å²) in [5.74, 6) is 1.81. The molecule has 0 bridgehead atoms. The van der Waals surface area contributed by atoms with E-state index < -0.39 is 0 Å². The zero-order chi connectivity index (χ0) is 13.0. The van der Waals surface area contributed by atoms with Crippen LogP contribution in [0.5, 0.6) is 0 Å². The Morgan fingerprint density at radius 1 is 1.11 bits per heavy atom. The highest BCUT2D eigenvalue weighted by Gasteiger charge is 2.31. The molecule has 0 aliphatic heterocycles. The summed E-state index contributed by atoms with van der Waals surface area (Å²) in [6, 6.07) is 1.65. The van der Waals surface area contributed by atoms with Crippen molar-refractivity contribution >= 4 is 0 Å². The summed E-state index contributed by atoms with van der Waals surface area (Å²) in [5.41, 5.74) is 0. The minimum Gasteiger partial charge on any atom is -0.317 e. The fourth-order valence-electron chi connectivity index (χ4n) is 4.19. The van der Waals surface area contributed by atoms with Crippen LogP contribution in [-0.2, 0) is 0 Å². The molecule has 0 saturated heterocycles. The predicted molar refractivity (Wildman–Crippen MR) is 78.9 cm³/mol. The third-order valence-corrected chi connectivity index (χ3v) is 5.33. The lowest BCUT2D eigenvalue weighted by atomic mass is 9.78. The van der Waals surface area contributed by atoms with Gasteiger partial charge in [0, 0.05) is 18.6 Å². The highest BCUT2D eigenvalue weighted by atomic mass is 15.2. The first kappa shape index (κ1) is 14.3. The van der Waals surface area contributed by atoms with Gasteiger partial charge in [0.1, 0.15) is 0 Å². The Hall–Kier alpha value is -0.0800. The summed E-state index contributed by atoms with van der Waals surface area (Å²) >= 11 is 0. The Bertz CT molecular complexity index is 235. The molecule has 3 atom stereocenters. The molecule has 0 aromatic carbocycles. The van der Waals surface area contributed by atoms with Gasteiger partial charge in [0.15, 0.2) is 0 Å². The zero-order valence-corrected chi connectivity index (χ0v) is 12.6. The lowest BCUT2D eigenvalue weighted by Gasteiger charge is -2.39. The van der Waals surface area contributed by atoms with Gasteiger partial charge in [0.05, 0.1) is 0 Å². The van der Waals surface area contributed by atoms with E-state index in [2.05, 4.69) is 31.1 Å². The van der Waals surface area contributed by atoms with Crippen molar-refractivity contribution in [3.8, 4) is 0 Å². The molecule has 2 saturated carbocycles. The Labute approximate surface area is 114 Å². The van der Waals surface area contributed by atoms with Gasteiger partial charge < -0.3 is 10.2 Å². The normalized spacial score (nSPS) is 34.3. The summed E-state index contributed by atoms with van der Waals surface area (Å²) in [5, 5.41) is 3.57. The topological polar surface area (TPSA) is 15.3 Å². The Morgan fingerprint density at radius 3 is 2.44 bits per heavy atom. The largest absolute Gasteiger partial charge is 0.317 e. The van der Waals surface area contributed by atoms with Gasteiger partial charge >= 0.3 is 0 Å². The van der Waals surface area contributed by atoms with Gasteiger partial charge in [-0.3, -0.25) is 0 Å². The number of nitrogens with one attached hydrogen (secondary N) is 1. The van der Waals surface area contributed by atoms with E-state index in [9.17, 15) is 0 Å². The van der Waals surface area contributed by atoms with Crippen LogP contribution in [0.25, 0.3) is 0 Å². The minimum absolute atomic E-state index is 0.761. The van der Waals surface area contributed by atoms with Crippen LogP contribution in [-0.4, -0.2) is 37.1 Å². The summed E-state index contributed by atoms with van der Waals surface area (Å²) in [7, 11) is 2.15. The second-order valence-electron chi connectivity index (χ2n) is 6.60. The van der Waals surface area contributed by atoms with E-state index in [1.807, 2.05) is 0 Å². The van der Waals surface area contributed by atoms with E-state index in [1.165, 1.54) is 58.0 Å². The lowest BCUT2D eigenvalue weighted by molar-refractivity contribution is 0.121. The quantitative estimate of drug-likeness (QED) is 0.808. The zero-order valence-electron chi connectivity index (χ0n) is 12.6. The molecule has 18 heavy (non-hydrogen) atoms. The van der Waals surface area contributed by atoms with E-state index in [4.69, 9.17) is 0 Å². The van der Waals surface area contributed by atoms with Gasteiger partial charge in [-0.2, -0.15) is 0 Å². The molecule has 106 valence electrons. The molecule has 2 aliphatic rings. The van der Waals surface area contributed by atoms with Crippen LogP contribution in [0.4, 0.5) is 0 Å². The number of hydrogen-bond donors (Lipinski definition) is 1. The van der Waals surface area contributed by atoms with Crippen LogP contribution in [0.1, 0.15) is 58.8 Å². The maximum absolute atomic E-state index is 3.57. The van der Waals surface area contributed by atoms with Gasteiger partial charge in [0.2, 0.25) is 0 Å². The third-order valence-electron chi connectivity index (χ3n) is 5.33. The van der Waals surface area contributed by atoms with E-state index in [0.29, 0.717) is 0 Å². The smallest absolute Gasteiger partial charge is 0.0105 e. The van der Waals surface area contributed by atoms with Crippen LogP contribution in [0.2, 0.25) is 0 Å². The summed E-state index contributed by atoms with van der Waals surface area (Å²) in [4.78, 5) is 2.78. The first-order chi connectivity index (χ1) is 8.74. The second-order valence-corrected chi connectivity index (χ2v) is 6.60. The molecule has 2 fully saturated rings. The number of nitrogens with zero attached hydrogens (tertiary/aromatic N) is 1. The first-order valence-corrected chi connectivity index (χ1v) is 8.15. The Balaban J connectivity index is 1.91. The van der Waals surface area contributed by atoms with Crippen LogP contribution in [0.15, 0.2) is 0 Å². The standard InChI is InChI=1S/C16H32N2/c1-4-18(15-7-5-6-8-15)12-14-11-13(2)9-10-16(14)17-3/h13-17H,4-12H2,1-3H3. The molecule has 3 unspecified atom stereocenters. The van der Waals surface area contributed by atoms with Crippen molar-refractivity contribution in [2.45, 2.75) is 70.9 Å². The van der Waals surface area contributed by atoms with Gasteiger partial charge in [-0.25, -0.2) is 0 Å². The monoisotopic (exact) mass is 252 g/mol. The van der Waals surface area contributed by atoms with Crippen molar-refractivity contribution < 1.29 is 0 Å². The molecular formula is C16H32N2. The van der Waals surface area contributed by atoms with Gasteiger partial charge in [-0.15, -0.1) is 0 Å². The first-order valence-electron chi connectivity index (χ1n) is 8.15. The van der Waals surface area contributed by atoms with Crippen molar-refractivity contribution in [2.75, 3.05) is 20.1 Å². The summed E-state index contributed by atoms with van der Waals surface area (Å²) in [6.45, 7) is 7.35. The average molecular weight is 252 g/mol. The van der Waals surface area contributed by atoms with Crippen molar-refractivity contribution in [3.63, 3.8) is 0 Å². The number of hydrogen-bond acceptors (Lipinski definition) is 2. The number of rotatable bonds is 5. The maximum atomic E-state index is 3.57. The SMILES string of the molecule is CCN(CC1CC(C)CCC1NC)C1CCCC1. The van der Waals surface area contributed by atoms with E-state index in [1.54, 1.807) is 0 Å². The molecule has 0 radical (unpaired) electrons. The van der Waals surface area contributed by atoms with Crippen molar-refractivity contribution in [2.24, 2.45) is 11.8 Å². The molecule has 0 heterocycles. The average Bonchev–Trinajstić information content (AvgIpc) is 2.90. The maximum Gasteiger partial charge on any atom is 0.0105 e. The summed E-state index contributed by atoms with van der Waals surface area (Å²) in [6.07, 6.45) is 10.0. The molecule has 2 aliphatic carbocycles. The fourth-order valence-corrected chi connectivity index (χ4v) is 4.19. The minimum atomic E-state index is 0.761. The highest BCUT2D eigenvalue weighted by molar-refractivity contribution is 4.87. The summed E-state index contributed by atoms with van der Waals surface area (Å²) < 4.78 is 0. The molecule has 2 rings (SSSR count). The van der Waals surface area contributed by atoms with E-state index >= 15 is 0 Å². The van der Waals surface area contributed by atoms with Crippen molar-refractivity contribution in [3.05, 3.63) is 0 Å². The molecular weight excluding hydrogens is 220 g/mol. The van der Waals surface area contributed by atoms with Crippen LogP contribution < -0.4 is 5.32 Å². The second kappa shape index (κ2) is 6.91. The molecule has 0 spiro atoms. The molecule has 0 amide bonds. The molecule has 2 nitrogen and oxygen atoms in total. The van der Waals surface area contributed by atoms with E-state index in [0.717, 1.165) is 23.9 Å². The Morgan fingerprint density at radius 2 is 1.83 bits per heavy atom.